The Bertz CT molecular complexity index is 2430. The summed E-state index contributed by atoms with van der Waals surface area (Å²) in [6.45, 7) is 0. The molecule has 0 spiro atoms. The predicted molar refractivity (Wildman–Crippen MR) is 208 cm³/mol. The van der Waals surface area contributed by atoms with Gasteiger partial charge in [0.25, 0.3) is 0 Å². The van der Waals surface area contributed by atoms with Crippen LogP contribution in [0.1, 0.15) is 1.43 Å². The molecular formula is C44H34FeN4O5. The maximum atomic E-state index is 12.5. The number of phenolic OH excluding ortho intramolecular Hbond substituents is 1. The minimum atomic E-state index is -0.401. The molecule has 10 heteroatoms. The van der Waals surface area contributed by atoms with Gasteiger partial charge in [0.05, 0.1) is 22.7 Å². The number of ether oxygens (including phenoxy) is 1. The smallest absolute Gasteiger partial charge is 0.877 e. The van der Waals surface area contributed by atoms with Crippen LogP contribution in [0.2, 0.25) is 0 Å². The maximum absolute atomic E-state index is 12.5. The predicted octanol–water partition coefficient (Wildman–Crippen LogP) is 10.4. The maximum Gasteiger partial charge on any atom is 2.00 e. The van der Waals surface area contributed by atoms with E-state index in [-0.39, 0.29) is 29.7 Å². The molecule has 0 atom stereocenters. The SMILES string of the molecule is O.O=C(Oc1ccc(N=Nc2ccc(-c3ccc(N=Nc4ccc(O)c5ccccc45)cc3)cc2)c2ccccc12)[C]1[CH][CH-]C=C1.[Fe+2].[HH].[O-]C=C1C=CC=C1. The molecule has 0 bridgehead atoms. The Labute approximate surface area is 324 Å². The van der Waals surface area contributed by atoms with Crippen molar-refractivity contribution in [3.8, 4) is 22.6 Å². The van der Waals surface area contributed by atoms with Crippen LogP contribution in [0.3, 0.4) is 0 Å². The second kappa shape index (κ2) is 18.3. The number of carbonyl (C=O) groups is 1. The molecule has 8 rings (SSSR count). The average Bonchev–Trinajstić information content (AvgIpc) is 3.94. The van der Waals surface area contributed by atoms with Crippen molar-refractivity contribution in [2.24, 2.45) is 20.5 Å². The Morgan fingerprint density at radius 2 is 1.17 bits per heavy atom. The summed E-state index contributed by atoms with van der Waals surface area (Å²) in [6, 6.07) is 37.8. The third-order valence-electron chi connectivity index (χ3n) is 8.28. The molecule has 0 aromatic heterocycles. The number of allylic oxidation sites excluding steroid dienone is 6. The monoisotopic (exact) mass is 754 g/mol. The third-order valence-corrected chi connectivity index (χ3v) is 8.28. The number of rotatable bonds is 7. The van der Waals surface area contributed by atoms with Gasteiger partial charge in [0.2, 0.25) is 0 Å². The number of hydrogen-bond acceptors (Lipinski definition) is 8. The average molecular weight is 755 g/mol. The van der Waals surface area contributed by atoms with E-state index in [2.05, 4.69) is 20.5 Å². The molecular weight excluding hydrogens is 720 g/mol. The zero-order chi connectivity index (χ0) is 35.7. The van der Waals surface area contributed by atoms with Gasteiger partial charge < -0.3 is 20.4 Å². The fraction of sp³-hybridized carbons (Fsp3) is 0. The van der Waals surface area contributed by atoms with Crippen molar-refractivity contribution in [3.05, 3.63) is 188 Å². The van der Waals surface area contributed by atoms with E-state index in [1.54, 1.807) is 61.4 Å². The fourth-order valence-electron chi connectivity index (χ4n) is 5.59. The van der Waals surface area contributed by atoms with Gasteiger partial charge in [-0.15, -0.1) is 16.5 Å². The standard InChI is InChI=1S/C38H25N4O3.C6H6O.Fe.H2O.H2/c43-36-23-21-34(30-9-3-5-11-32(30)36)41-39-28-17-13-25(14-18-28)26-15-19-29(20-16-26)40-42-35-22-24-37(33-12-6-4-10-31(33)35)45-38(44)27-7-1-2-8-27;7-5-6-3-1-2-4-6;;;/h1-24,43H;1-5,7H;;1H2;1H/q-1;;+2;;/p-1. The summed E-state index contributed by atoms with van der Waals surface area (Å²) in [5.41, 5.74) is 5.61. The van der Waals surface area contributed by atoms with Crippen molar-refractivity contribution in [2.75, 3.05) is 0 Å². The molecule has 3 N–H and O–H groups in total. The van der Waals surface area contributed by atoms with Crippen LogP contribution in [0.4, 0.5) is 22.7 Å². The number of azo groups is 2. The molecule has 6 aromatic rings. The Morgan fingerprint density at radius 3 is 1.69 bits per heavy atom. The number of benzene rings is 6. The van der Waals surface area contributed by atoms with Crippen molar-refractivity contribution >= 4 is 50.3 Å². The van der Waals surface area contributed by atoms with Gasteiger partial charge in [-0.3, -0.25) is 4.79 Å². The van der Waals surface area contributed by atoms with Crippen LogP contribution in [0.5, 0.6) is 11.5 Å². The number of esters is 1. The molecule has 0 unspecified atom stereocenters. The molecule has 0 heterocycles. The summed E-state index contributed by atoms with van der Waals surface area (Å²) in [5, 5.41) is 41.0. The molecule has 0 saturated heterocycles. The summed E-state index contributed by atoms with van der Waals surface area (Å²) in [5.74, 6) is 0.799. The van der Waals surface area contributed by atoms with Gasteiger partial charge in [-0.1, -0.05) is 104 Å². The Hall–Kier alpha value is -6.58. The number of fused-ring (bicyclic) bond motifs is 2. The first-order chi connectivity index (χ1) is 25.6. The van der Waals surface area contributed by atoms with Crippen LogP contribution in [0.15, 0.2) is 190 Å². The molecule has 0 aliphatic heterocycles. The minimum absolute atomic E-state index is 0. The second-order valence-corrected chi connectivity index (χ2v) is 11.7. The Kier molecular flexibility index (Phi) is 13.1. The van der Waals surface area contributed by atoms with E-state index in [0.29, 0.717) is 28.7 Å². The van der Waals surface area contributed by atoms with E-state index in [0.717, 1.165) is 50.2 Å². The molecule has 0 saturated carbocycles. The number of aromatic hydroxyl groups is 1. The van der Waals surface area contributed by atoms with Gasteiger partial charge in [-0.25, -0.2) is 18.6 Å². The zero-order valence-corrected chi connectivity index (χ0v) is 29.7. The summed E-state index contributed by atoms with van der Waals surface area (Å²) in [6.07, 6.45) is 15.1. The molecule has 2 aliphatic rings. The Balaban J connectivity index is 0.000000609. The molecule has 2 radical (unpaired) electrons. The number of phenols is 1. The fourth-order valence-corrected chi connectivity index (χ4v) is 5.59. The van der Waals surface area contributed by atoms with E-state index >= 15 is 0 Å². The minimum Gasteiger partial charge on any atom is -0.877 e. The molecule has 9 nitrogen and oxygen atoms in total. The van der Waals surface area contributed by atoms with Gasteiger partial charge >= 0.3 is 23.0 Å². The van der Waals surface area contributed by atoms with Gasteiger partial charge in [0.1, 0.15) is 11.5 Å². The quantitative estimate of drug-likeness (QED) is 0.0431. The van der Waals surface area contributed by atoms with Gasteiger partial charge in [0, 0.05) is 28.9 Å². The zero-order valence-electron chi connectivity index (χ0n) is 28.6. The first kappa shape index (κ1) is 38.6. The van der Waals surface area contributed by atoms with Gasteiger partial charge in [-0.2, -0.15) is 10.2 Å². The normalized spacial score (nSPS) is 13.1. The molecule has 54 heavy (non-hydrogen) atoms. The molecule has 0 fully saturated rings. The van der Waals surface area contributed by atoms with E-state index in [4.69, 9.17) is 4.74 Å². The van der Waals surface area contributed by atoms with Gasteiger partial charge in [-0.05, 0) is 65.2 Å². The second-order valence-electron chi connectivity index (χ2n) is 11.7. The Morgan fingerprint density at radius 1 is 0.648 bits per heavy atom. The van der Waals surface area contributed by atoms with Gasteiger partial charge in [0.15, 0.2) is 0 Å². The molecule has 2 aliphatic carbocycles. The van der Waals surface area contributed by atoms with Crippen LogP contribution in [0, 0.1) is 18.8 Å². The molecule has 0 amide bonds. The first-order valence-corrected chi connectivity index (χ1v) is 16.4. The largest absolute Gasteiger partial charge is 2.00 e. The van der Waals surface area contributed by atoms with Crippen LogP contribution < -0.4 is 9.84 Å². The van der Waals surface area contributed by atoms with E-state index in [1.807, 2.05) is 109 Å². The van der Waals surface area contributed by atoms with Crippen molar-refractivity contribution < 1.29 is 43.7 Å². The van der Waals surface area contributed by atoms with E-state index in [1.165, 1.54) is 0 Å². The first-order valence-electron chi connectivity index (χ1n) is 16.4. The van der Waals surface area contributed by atoms with E-state index < -0.39 is 5.97 Å². The van der Waals surface area contributed by atoms with Crippen LogP contribution in [0.25, 0.3) is 32.7 Å². The van der Waals surface area contributed by atoms with Crippen LogP contribution in [-0.2, 0) is 21.9 Å². The molecule has 6 aromatic carbocycles. The summed E-state index contributed by atoms with van der Waals surface area (Å²) >= 11 is 0. The number of hydrogen-bond donors (Lipinski definition) is 1. The van der Waals surface area contributed by atoms with Crippen LogP contribution in [-0.4, -0.2) is 16.6 Å². The summed E-state index contributed by atoms with van der Waals surface area (Å²) < 4.78 is 5.67. The van der Waals surface area contributed by atoms with E-state index in [9.17, 15) is 15.0 Å². The van der Waals surface area contributed by atoms with Crippen molar-refractivity contribution in [1.82, 2.24) is 0 Å². The number of carbonyl (C=O) groups excluding carboxylic acids is 1. The topological polar surface area (TPSA) is 151 Å². The third kappa shape index (κ3) is 9.07. The summed E-state index contributed by atoms with van der Waals surface area (Å²) in [4.78, 5) is 12.5. The van der Waals surface area contributed by atoms with Crippen molar-refractivity contribution in [2.45, 2.75) is 0 Å². The summed E-state index contributed by atoms with van der Waals surface area (Å²) in [7, 11) is 0. The van der Waals surface area contributed by atoms with Crippen molar-refractivity contribution in [1.29, 1.82) is 0 Å². The van der Waals surface area contributed by atoms with Crippen LogP contribution >= 0.6 is 0 Å². The number of nitrogens with zero attached hydrogens (tertiary/aromatic N) is 4. The molecule has 268 valence electrons. The van der Waals surface area contributed by atoms with Crippen molar-refractivity contribution in [3.63, 3.8) is 0 Å².